The molecular formula is C28H34IN5O5. The number of carbonyl (C=O) groups is 1. The largest absolute Gasteiger partial charge is 0.486 e. The molecule has 1 amide bonds. The highest BCUT2D eigenvalue weighted by Gasteiger charge is 2.32. The SMILES string of the molecule is CC(C)(C)OC(=O)N(Cc1cc2c(cn1)OCCO2)C1CCN(CCn2c(=O)ccc3ncc(I)cc32)CC1. The number of likely N-dealkylation sites (tertiary alicyclic amines) is 1. The van der Waals surface area contributed by atoms with Crippen molar-refractivity contribution in [2.24, 2.45) is 0 Å². The second kappa shape index (κ2) is 11.7. The molecule has 2 aliphatic rings. The van der Waals surface area contributed by atoms with E-state index in [1.165, 1.54) is 0 Å². The number of ether oxygens (including phenoxy) is 3. The minimum absolute atomic E-state index is 0.0113. The molecule has 5 rings (SSSR count). The molecular weight excluding hydrogens is 613 g/mol. The average Bonchev–Trinajstić information content (AvgIpc) is 2.90. The molecule has 3 aromatic rings. The van der Waals surface area contributed by atoms with Gasteiger partial charge in [-0.15, -0.1) is 0 Å². The Morgan fingerprint density at radius 2 is 1.82 bits per heavy atom. The number of amides is 1. The number of nitrogens with zero attached hydrogens (tertiary/aromatic N) is 5. The Bertz CT molecular complexity index is 1400. The number of piperidine rings is 1. The molecule has 0 saturated carbocycles. The zero-order chi connectivity index (χ0) is 27.6. The van der Waals surface area contributed by atoms with E-state index in [4.69, 9.17) is 14.2 Å². The van der Waals surface area contributed by atoms with Gasteiger partial charge < -0.3 is 23.7 Å². The lowest BCUT2D eigenvalue weighted by Gasteiger charge is -2.39. The Labute approximate surface area is 241 Å². The maximum Gasteiger partial charge on any atom is 0.410 e. The molecule has 0 aliphatic carbocycles. The van der Waals surface area contributed by atoms with Crippen LogP contribution >= 0.6 is 22.6 Å². The van der Waals surface area contributed by atoms with E-state index in [9.17, 15) is 9.59 Å². The number of fused-ring (bicyclic) bond motifs is 2. The van der Waals surface area contributed by atoms with Crippen LogP contribution in [0.4, 0.5) is 4.79 Å². The van der Waals surface area contributed by atoms with Gasteiger partial charge in [0.15, 0.2) is 11.5 Å². The fraction of sp³-hybridized carbons (Fsp3) is 0.500. The summed E-state index contributed by atoms with van der Waals surface area (Å²) in [4.78, 5) is 39.1. The monoisotopic (exact) mass is 647 g/mol. The van der Waals surface area contributed by atoms with E-state index >= 15 is 0 Å². The lowest BCUT2D eigenvalue weighted by atomic mass is 10.0. The van der Waals surface area contributed by atoms with E-state index in [-0.39, 0.29) is 17.7 Å². The van der Waals surface area contributed by atoms with Gasteiger partial charge >= 0.3 is 6.09 Å². The van der Waals surface area contributed by atoms with Gasteiger partial charge in [-0.3, -0.25) is 19.7 Å². The van der Waals surface area contributed by atoms with Gasteiger partial charge in [-0.25, -0.2) is 4.79 Å². The zero-order valence-corrected chi connectivity index (χ0v) is 24.7. The van der Waals surface area contributed by atoms with Crippen LogP contribution in [0.2, 0.25) is 0 Å². The normalized spacial score (nSPS) is 16.3. The summed E-state index contributed by atoms with van der Waals surface area (Å²) < 4.78 is 19.9. The van der Waals surface area contributed by atoms with Crippen LogP contribution < -0.4 is 15.0 Å². The van der Waals surface area contributed by atoms with Crippen molar-refractivity contribution in [2.75, 3.05) is 32.8 Å². The molecule has 0 unspecified atom stereocenters. The maximum atomic E-state index is 13.3. The van der Waals surface area contributed by atoms with Crippen LogP contribution in [0.15, 0.2) is 41.5 Å². The van der Waals surface area contributed by atoms with E-state index in [2.05, 4.69) is 37.5 Å². The third-order valence-electron chi connectivity index (χ3n) is 6.89. The molecule has 3 aromatic heterocycles. The highest BCUT2D eigenvalue weighted by atomic mass is 127. The highest BCUT2D eigenvalue weighted by molar-refractivity contribution is 14.1. The van der Waals surface area contributed by atoms with E-state index < -0.39 is 5.60 Å². The standard InChI is InChI=1S/C28H34IN5O5/c1-28(2,3)39-27(36)34(18-20-15-24-25(17-30-20)38-13-12-37-24)21-6-8-32(9-7-21)10-11-33-23-14-19(29)16-31-22(23)4-5-26(33)35/h4-5,14-17,21H,6-13,18H2,1-3H3. The summed E-state index contributed by atoms with van der Waals surface area (Å²) >= 11 is 2.22. The number of hydrogen-bond donors (Lipinski definition) is 0. The van der Waals surface area contributed by atoms with Gasteiger partial charge in [0.2, 0.25) is 0 Å². The molecule has 0 N–H and O–H groups in total. The molecule has 5 heterocycles. The average molecular weight is 648 g/mol. The molecule has 208 valence electrons. The highest BCUT2D eigenvalue weighted by Crippen LogP contribution is 2.30. The summed E-state index contributed by atoms with van der Waals surface area (Å²) in [5.74, 6) is 1.27. The van der Waals surface area contributed by atoms with Gasteiger partial charge in [-0.1, -0.05) is 0 Å². The Morgan fingerprint density at radius 1 is 1.08 bits per heavy atom. The molecule has 0 bridgehead atoms. The van der Waals surface area contributed by atoms with Crippen molar-refractivity contribution < 1.29 is 19.0 Å². The molecule has 1 saturated heterocycles. The van der Waals surface area contributed by atoms with Crippen LogP contribution in [0.3, 0.4) is 0 Å². The number of pyridine rings is 3. The van der Waals surface area contributed by atoms with Gasteiger partial charge in [0.05, 0.1) is 29.5 Å². The topological polar surface area (TPSA) is 99.0 Å². The number of carbonyl (C=O) groups excluding carboxylic acids is 1. The third-order valence-corrected chi connectivity index (χ3v) is 7.48. The Morgan fingerprint density at radius 3 is 2.56 bits per heavy atom. The van der Waals surface area contributed by atoms with Crippen LogP contribution in [0.25, 0.3) is 11.0 Å². The third kappa shape index (κ3) is 6.81. The van der Waals surface area contributed by atoms with Gasteiger partial charge in [-0.05, 0) is 68.3 Å². The summed E-state index contributed by atoms with van der Waals surface area (Å²) in [5.41, 5.74) is 1.77. The predicted octanol–water partition coefficient (Wildman–Crippen LogP) is 4.07. The van der Waals surface area contributed by atoms with Crippen LogP contribution in [-0.2, 0) is 17.8 Å². The predicted molar refractivity (Wildman–Crippen MR) is 155 cm³/mol. The second-order valence-corrected chi connectivity index (χ2v) is 12.1. The van der Waals surface area contributed by atoms with Gasteiger partial charge in [0, 0.05) is 54.1 Å². The number of halogens is 1. The van der Waals surface area contributed by atoms with Crippen molar-refractivity contribution in [1.82, 2.24) is 24.3 Å². The molecule has 39 heavy (non-hydrogen) atoms. The van der Waals surface area contributed by atoms with Crippen molar-refractivity contribution in [1.29, 1.82) is 0 Å². The fourth-order valence-corrected chi connectivity index (χ4v) is 5.42. The fourth-order valence-electron chi connectivity index (χ4n) is 4.98. The van der Waals surface area contributed by atoms with Crippen LogP contribution in [0, 0.1) is 3.57 Å². The van der Waals surface area contributed by atoms with Gasteiger partial charge in [0.1, 0.15) is 18.8 Å². The van der Waals surface area contributed by atoms with Gasteiger partial charge in [0.25, 0.3) is 5.56 Å². The summed E-state index contributed by atoms with van der Waals surface area (Å²) in [7, 11) is 0. The molecule has 11 heteroatoms. The van der Waals surface area contributed by atoms with Crippen LogP contribution in [-0.4, -0.2) is 74.9 Å². The Balaban J connectivity index is 1.26. The maximum absolute atomic E-state index is 13.3. The number of rotatable bonds is 6. The lowest BCUT2D eigenvalue weighted by Crippen LogP contribution is -2.49. The molecule has 1 fully saturated rings. The van der Waals surface area contributed by atoms with Crippen molar-refractivity contribution in [3.8, 4) is 11.5 Å². The first-order valence-corrected chi connectivity index (χ1v) is 14.4. The summed E-state index contributed by atoms with van der Waals surface area (Å²) in [6, 6.07) is 7.22. The molecule has 2 aliphatic heterocycles. The van der Waals surface area contributed by atoms with E-state index in [0.29, 0.717) is 37.8 Å². The molecule has 10 nitrogen and oxygen atoms in total. The second-order valence-electron chi connectivity index (χ2n) is 10.9. The summed E-state index contributed by atoms with van der Waals surface area (Å²) in [5, 5.41) is 0. The van der Waals surface area contributed by atoms with E-state index in [1.807, 2.05) is 32.9 Å². The minimum atomic E-state index is -0.603. The zero-order valence-electron chi connectivity index (χ0n) is 22.6. The first-order chi connectivity index (χ1) is 18.7. The van der Waals surface area contributed by atoms with E-state index in [1.54, 1.807) is 34.0 Å². The van der Waals surface area contributed by atoms with Crippen molar-refractivity contribution in [3.63, 3.8) is 0 Å². The minimum Gasteiger partial charge on any atom is -0.486 e. The van der Waals surface area contributed by atoms with E-state index in [0.717, 1.165) is 52.8 Å². The molecule has 0 atom stereocenters. The quantitative estimate of drug-likeness (QED) is 0.370. The lowest BCUT2D eigenvalue weighted by molar-refractivity contribution is 0.00529. The number of hydrogen-bond acceptors (Lipinski definition) is 8. The first-order valence-electron chi connectivity index (χ1n) is 13.3. The molecule has 0 aromatic carbocycles. The Kier molecular flexibility index (Phi) is 8.27. The van der Waals surface area contributed by atoms with Crippen molar-refractivity contribution in [3.05, 3.63) is 56.3 Å². The molecule has 0 spiro atoms. The Hall–Kier alpha value is -2.93. The number of aromatic nitrogens is 3. The van der Waals surface area contributed by atoms with Crippen LogP contribution in [0.5, 0.6) is 11.5 Å². The van der Waals surface area contributed by atoms with Crippen molar-refractivity contribution in [2.45, 2.75) is 58.3 Å². The summed E-state index contributed by atoms with van der Waals surface area (Å²) in [6.45, 7) is 9.90. The van der Waals surface area contributed by atoms with Gasteiger partial charge in [-0.2, -0.15) is 0 Å². The molecule has 0 radical (unpaired) electrons. The summed E-state index contributed by atoms with van der Waals surface area (Å²) in [6.07, 6.45) is 4.72. The van der Waals surface area contributed by atoms with Crippen LogP contribution in [0.1, 0.15) is 39.3 Å². The van der Waals surface area contributed by atoms with Crippen molar-refractivity contribution >= 4 is 39.7 Å². The first kappa shape index (κ1) is 27.6. The smallest absolute Gasteiger partial charge is 0.410 e.